The van der Waals surface area contributed by atoms with E-state index in [4.69, 9.17) is 32.0 Å². The number of carbonyl (C=O) groups excluding carboxylic acids is 1. The fourth-order valence-electron chi connectivity index (χ4n) is 3.21. The molecule has 0 aromatic heterocycles. The van der Waals surface area contributed by atoms with Crippen molar-refractivity contribution in [2.75, 3.05) is 33.4 Å². The van der Waals surface area contributed by atoms with Gasteiger partial charge in [0.15, 0.2) is 16.6 Å². The second-order valence-electron chi connectivity index (χ2n) is 9.26. The molecule has 0 amide bonds. The Hall–Kier alpha value is -3.49. The fraction of sp³-hybridized carbons (Fsp3) is 0.462. The Morgan fingerprint density at radius 3 is 2.53 bits per heavy atom. The molecule has 2 aromatic rings. The molecule has 1 atom stereocenters. The molecule has 0 radical (unpaired) electrons. The SMILES string of the molecule is COc1cc(CNC(=S)NCC(COC(=O)C(C)(C)C)Cc2ccccc2)ccc1OCCN=[N+]=[N-]. The van der Waals surface area contributed by atoms with E-state index < -0.39 is 5.41 Å². The Balaban J connectivity index is 1.89. The molecule has 9 nitrogen and oxygen atoms in total. The van der Waals surface area contributed by atoms with E-state index in [1.807, 2.05) is 57.2 Å². The van der Waals surface area contributed by atoms with Crippen LogP contribution in [0.15, 0.2) is 53.6 Å². The van der Waals surface area contributed by atoms with Gasteiger partial charge in [0, 0.05) is 23.9 Å². The maximum Gasteiger partial charge on any atom is 0.311 e. The second-order valence-corrected chi connectivity index (χ2v) is 9.66. The molecule has 2 rings (SSSR count). The third-order valence-electron chi connectivity index (χ3n) is 5.17. The number of thiocarbonyl (C=S) groups is 1. The van der Waals surface area contributed by atoms with E-state index in [0.717, 1.165) is 12.0 Å². The summed E-state index contributed by atoms with van der Waals surface area (Å²) in [5.74, 6) is 0.988. The molecule has 0 saturated carbocycles. The Morgan fingerprint density at radius 2 is 1.86 bits per heavy atom. The van der Waals surface area contributed by atoms with E-state index in [1.165, 1.54) is 5.56 Å². The highest BCUT2D eigenvalue weighted by molar-refractivity contribution is 7.80. The summed E-state index contributed by atoms with van der Waals surface area (Å²) in [4.78, 5) is 15.0. The first-order valence-corrected chi connectivity index (χ1v) is 12.2. The van der Waals surface area contributed by atoms with Gasteiger partial charge in [0.05, 0.1) is 32.3 Å². The van der Waals surface area contributed by atoms with Gasteiger partial charge in [-0.05, 0) is 68.2 Å². The average molecular weight is 514 g/mol. The summed E-state index contributed by atoms with van der Waals surface area (Å²) in [5.41, 5.74) is 9.93. The number of methoxy groups -OCH3 is 1. The third-order valence-corrected chi connectivity index (χ3v) is 5.46. The highest BCUT2D eigenvalue weighted by atomic mass is 32.1. The number of nitrogens with zero attached hydrogens (tertiary/aromatic N) is 3. The van der Waals surface area contributed by atoms with E-state index in [2.05, 4.69) is 32.8 Å². The number of esters is 1. The van der Waals surface area contributed by atoms with Gasteiger partial charge in [-0.1, -0.05) is 41.5 Å². The van der Waals surface area contributed by atoms with Crippen LogP contribution in [0.5, 0.6) is 11.5 Å². The van der Waals surface area contributed by atoms with Crippen LogP contribution in [0.2, 0.25) is 0 Å². The smallest absolute Gasteiger partial charge is 0.311 e. The van der Waals surface area contributed by atoms with Gasteiger partial charge >= 0.3 is 5.97 Å². The van der Waals surface area contributed by atoms with Crippen LogP contribution in [0.25, 0.3) is 10.4 Å². The van der Waals surface area contributed by atoms with E-state index in [0.29, 0.717) is 36.3 Å². The standard InChI is InChI=1S/C26H35N5O4S/c1-26(2,3)24(32)35-18-21(14-19-8-6-5-7-9-19)17-29-25(36)28-16-20-10-11-22(23(15-20)33-4)34-13-12-30-31-27/h5-11,15,21H,12-14,16-18H2,1-4H3,(H2,28,29,36). The summed E-state index contributed by atoms with van der Waals surface area (Å²) in [6.45, 7) is 7.38. The lowest BCUT2D eigenvalue weighted by molar-refractivity contribution is -0.154. The molecule has 2 N–H and O–H groups in total. The summed E-state index contributed by atoms with van der Waals surface area (Å²) in [6, 6.07) is 15.7. The van der Waals surface area contributed by atoms with Crippen molar-refractivity contribution in [1.29, 1.82) is 0 Å². The number of rotatable bonds is 13. The maximum absolute atomic E-state index is 12.3. The quantitative estimate of drug-likeness (QED) is 0.0987. The monoisotopic (exact) mass is 513 g/mol. The van der Waals surface area contributed by atoms with E-state index in [9.17, 15) is 4.79 Å². The van der Waals surface area contributed by atoms with Gasteiger partial charge in [0.2, 0.25) is 0 Å². The van der Waals surface area contributed by atoms with Crippen LogP contribution in [0.1, 0.15) is 31.9 Å². The molecule has 2 aromatic carbocycles. The lowest BCUT2D eigenvalue weighted by Crippen LogP contribution is -2.39. The number of azide groups is 1. The zero-order chi connectivity index (χ0) is 26.4. The van der Waals surface area contributed by atoms with E-state index in [-0.39, 0.29) is 25.0 Å². The Kier molecular flexibility index (Phi) is 11.8. The number of hydrogen-bond acceptors (Lipinski definition) is 6. The largest absolute Gasteiger partial charge is 0.493 e. The van der Waals surface area contributed by atoms with Gasteiger partial charge in [-0.2, -0.15) is 0 Å². The van der Waals surface area contributed by atoms with Crippen LogP contribution < -0.4 is 20.1 Å². The van der Waals surface area contributed by atoms with Gasteiger partial charge in [-0.15, -0.1) is 0 Å². The molecule has 0 heterocycles. The summed E-state index contributed by atoms with van der Waals surface area (Å²) in [5, 5.41) is 10.4. The minimum atomic E-state index is -0.548. The predicted octanol–water partition coefficient (Wildman–Crippen LogP) is 4.80. The highest BCUT2D eigenvalue weighted by Gasteiger charge is 2.24. The van der Waals surface area contributed by atoms with Crippen molar-refractivity contribution < 1.29 is 19.0 Å². The molecule has 0 spiro atoms. The molecule has 0 saturated heterocycles. The molecule has 0 aliphatic rings. The topological polar surface area (TPSA) is 118 Å². The molecule has 0 fully saturated rings. The molecule has 10 heteroatoms. The lowest BCUT2D eigenvalue weighted by atomic mass is 9.97. The number of carbonyl (C=O) groups is 1. The van der Waals surface area contributed by atoms with Gasteiger partial charge in [0.25, 0.3) is 0 Å². The first-order valence-electron chi connectivity index (χ1n) is 11.8. The van der Waals surface area contributed by atoms with Crippen molar-refractivity contribution in [2.45, 2.75) is 33.7 Å². The van der Waals surface area contributed by atoms with Crippen LogP contribution in [0.4, 0.5) is 0 Å². The van der Waals surface area contributed by atoms with E-state index >= 15 is 0 Å². The molecular weight excluding hydrogens is 478 g/mol. The Morgan fingerprint density at radius 1 is 1.11 bits per heavy atom. The van der Waals surface area contributed by atoms with Crippen molar-refractivity contribution in [3.63, 3.8) is 0 Å². The number of hydrogen-bond donors (Lipinski definition) is 2. The third kappa shape index (κ3) is 10.4. The predicted molar refractivity (Wildman–Crippen MR) is 144 cm³/mol. The molecule has 36 heavy (non-hydrogen) atoms. The fourth-order valence-corrected chi connectivity index (χ4v) is 3.37. The number of benzene rings is 2. The average Bonchev–Trinajstić information content (AvgIpc) is 2.87. The van der Waals surface area contributed by atoms with Gasteiger partial charge in [0.1, 0.15) is 0 Å². The van der Waals surface area contributed by atoms with Crippen molar-refractivity contribution in [1.82, 2.24) is 10.6 Å². The molecule has 0 bridgehead atoms. The zero-order valence-electron chi connectivity index (χ0n) is 21.3. The minimum absolute atomic E-state index is 0.0559. The van der Waals surface area contributed by atoms with E-state index in [1.54, 1.807) is 7.11 Å². The van der Waals surface area contributed by atoms with Crippen LogP contribution in [0.3, 0.4) is 0 Å². The Bertz CT molecular complexity index is 1040. The van der Waals surface area contributed by atoms with Crippen LogP contribution in [-0.2, 0) is 22.5 Å². The number of nitrogens with one attached hydrogen (secondary N) is 2. The van der Waals surface area contributed by atoms with Crippen molar-refractivity contribution in [3.8, 4) is 11.5 Å². The lowest BCUT2D eigenvalue weighted by Gasteiger charge is -2.22. The maximum atomic E-state index is 12.3. The summed E-state index contributed by atoms with van der Waals surface area (Å²) < 4.78 is 16.6. The molecule has 0 aliphatic carbocycles. The van der Waals surface area contributed by atoms with Gasteiger partial charge < -0.3 is 24.8 Å². The Labute approximate surface area is 218 Å². The minimum Gasteiger partial charge on any atom is -0.493 e. The van der Waals surface area contributed by atoms with Crippen LogP contribution in [-0.4, -0.2) is 44.5 Å². The molecule has 0 aliphatic heterocycles. The first-order chi connectivity index (χ1) is 17.2. The van der Waals surface area contributed by atoms with Crippen molar-refractivity contribution in [2.24, 2.45) is 16.4 Å². The second kappa shape index (κ2) is 14.8. The zero-order valence-corrected chi connectivity index (χ0v) is 22.1. The number of ether oxygens (including phenoxy) is 3. The molecule has 194 valence electrons. The van der Waals surface area contributed by atoms with Crippen molar-refractivity contribution in [3.05, 3.63) is 70.1 Å². The molecular formula is C26H35N5O4S. The van der Waals surface area contributed by atoms with Crippen LogP contribution >= 0.6 is 12.2 Å². The first kappa shape index (κ1) is 28.7. The van der Waals surface area contributed by atoms with Gasteiger partial charge in [-0.25, -0.2) is 0 Å². The van der Waals surface area contributed by atoms with Gasteiger partial charge in [-0.3, -0.25) is 4.79 Å². The van der Waals surface area contributed by atoms with Crippen molar-refractivity contribution >= 4 is 23.3 Å². The summed E-state index contributed by atoms with van der Waals surface area (Å²) in [6.07, 6.45) is 0.756. The summed E-state index contributed by atoms with van der Waals surface area (Å²) in [7, 11) is 1.57. The van der Waals surface area contributed by atoms with Crippen LogP contribution in [0, 0.1) is 11.3 Å². The highest BCUT2D eigenvalue weighted by Crippen LogP contribution is 2.28. The summed E-state index contributed by atoms with van der Waals surface area (Å²) >= 11 is 5.47. The molecule has 1 unspecified atom stereocenters. The normalized spacial score (nSPS) is 11.6.